The van der Waals surface area contributed by atoms with Gasteiger partial charge in [0.1, 0.15) is 0 Å². The summed E-state index contributed by atoms with van der Waals surface area (Å²) in [4.78, 5) is 24.4. The second-order valence-corrected chi connectivity index (χ2v) is 4.57. The fourth-order valence-corrected chi connectivity index (χ4v) is 2.40. The summed E-state index contributed by atoms with van der Waals surface area (Å²) in [5.74, 6) is 4.86. The maximum atomic E-state index is 12.2. The topological polar surface area (TPSA) is 76.6 Å². The number of nitrogen functional groups attached to an aromatic ring is 1. The molecule has 0 fully saturated rings. The third kappa shape index (κ3) is 2.19. The van der Waals surface area contributed by atoms with Gasteiger partial charge >= 0.3 is 0 Å². The van der Waals surface area contributed by atoms with Crippen LogP contribution in [0.5, 0.6) is 0 Å². The molecule has 21 heavy (non-hydrogen) atoms. The van der Waals surface area contributed by atoms with E-state index in [4.69, 9.17) is 5.84 Å². The lowest BCUT2D eigenvalue weighted by Crippen LogP contribution is -2.32. The molecule has 0 bridgehead atoms. The number of hydrazine groups is 1. The number of aromatic nitrogens is 1. The number of pyridine rings is 2. The first kappa shape index (κ1) is 13.1. The van der Waals surface area contributed by atoms with Gasteiger partial charge in [-0.25, -0.2) is 5.84 Å². The summed E-state index contributed by atoms with van der Waals surface area (Å²) in [5.41, 5.74) is 4.21. The van der Waals surface area contributed by atoms with Gasteiger partial charge in [0.05, 0.1) is 11.1 Å². The molecule has 3 aromatic rings. The van der Waals surface area contributed by atoms with Gasteiger partial charge in [0, 0.05) is 17.8 Å². The van der Waals surface area contributed by atoms with Crippen LogP contribution in [0.4, 0.5) is 0 Å². The Balaban J connectivity index is 2.44. The fraction of sp³-hybridized carbons (Fsp3) is 0. The molecular weight excluding hydrogens is 266 g/mol. The van der Waals surface area contributed by atoms with Gasteiger partial charge in [-0.2, -0.15) is 0 Å². The molecule has 3 rings (SSSR count). The second kappa shape index (κ2) is 5.22. The number of nitrogens with one attached hydrogen (secondary N) is 1. The average molecular weight is 279 g/mol. The van der Waals surface area contributed by atoms with Gasteiger partial charge in [0.2, 0.25) is 0 Å². The molecule has 0 atom stereocenters. The van der Waals surface area contributed by atoms with Gasteiger partial charge < -0.3 is 0 Å². The molecule has 0 aliphatic carbocycles. The van der Waals surface area contributed by atoms with Crippen molar-refractivity contribution in [2.75, 3.05) is 0 Å². The molecule has 0 radical (unpaired) electrons. The van der Waals surface area contributed by atoms with Gasteiger partial charge in [0.15, 0.2) is 0 Å². The van der Waals surface area contributed by atoms with Crippen molar-refractivity contribution in [3.8, 4) is 11.1 Å². The molecule has 0 saturated heterocycles. The van der Waals surface area contributed by atoms with Crippen LogP contribution in [0, 0.1) is 0 Å². The van der Waals surface area contributed by atoms with Gasteiger partial charge in [-0.3, -0.25) is 19.4 Å². The minimum Gasteiger partial charge on any atom is -0.290 e. The third-order valence-corrected chi connectivity index (χ3v) is 3.33. The number of carbonyl (C=O) groups excluding carboxylic acids is 1. The fourth-order valence-electron chi connectivity index (χ4n) is 2.40. The summed E-state index contributed by atoms with van der Waals surface area (Å²) in [6, 6.07) is 16.0. The summed E-state index contributed by atoms with van der Waals surface area (Å²) >= 11 is 0. The summed E-state index contributed by atoms with van der Waals surface area (Å²) in [6.45, 7) is 0. The van der Waals surface area contributed by atoms with E-state index in [-0.39, 0.29) is 5.56 Å². The quantitative estimate of drug-likeness (QED) is 0.425. The van der Waals surface area contributed by atoms with E-state index in [1.807, 2.05) is 30.3 Å². The Morgan fingerprint density at radius 1 is 1.05 bits per heavy atom. The minimum absolute atomic E-state index is 0.196. The molecule has 2 heterocycles. The highest BCUT2D eigenvalue weighted by Gasteiger charge is 2.17. The predicted molar refractivity (Wildman–Crippen MR) is 80.8 cm³/mol. The lowest BCUT2D eigenvalue weighted by atomic mass is 9.99. The minimum atomic E-state index is -0.433. The van der Waals surface area contributed by atoms with E-state index in [1.54, 1.807) is 24.4 Å². The third-order valence-electron chi connectivity index (χ3n) is 3.33. The van der Waals surface area contributed by atoms with Gasteiger partial charge in [-0.05, 0) is 17.7 Å². The van der Waals surface area contributed by atoms with Gasteiger partial charge in [-0.15, -0.1) is 0 Å². The number of hydrogen-bond donors (Lipinski definition) is 2. The van der Waals surface area contributed by atoms with E-state index < -0.39 is 5.91 Å². The lowest BCUT2D eigenvalue weighted by Gasteiger charge is -2.12. The van der Waals surface area contributed by atoms with Crippen molar-refractivity contribution in [3.63, 3.8) is 0 Å². The standard InChI is InChI=1S/C16H13N3O2/c17-18-16(21)15-12(11-6-2-1-3-7-11)10-14(20)19-9-5-4-8-13(15)19/h1-10H,17H2,(H,18,21). The van der Waals surface area contributed by atoms with Crippen LogP contribution in [0.25, 0.3) is 16.6 Å². The maximum absolute atomic E-state index is 12.2. The van der Waals surface area contributed by atoms with Crippen LogP contribution >= 0.6 is 0 Å². The van der Waals surface area contributed by atoms with Crippen molar-refractivity contribution < 1.29 is 4.79 Å². The lowest BCUT2D eigenvalue weighted by molar-refractivity contribution is 0.0955. The molecule has 5 heteroatoms. The second-order valence-electron chi connectivity index (χ2n) is 4.57. The highest BCUT2D eigenvalue weighted by Crippen LogP contribution is 2.25. The SMILES string of the molecule is NNC(=O)c1c(-c2ccccc2)cc(=O)n2ccccc12. The summed E-state index contributed by atoms with van der Waals surface area (Å²) in [5, 5.41) is 0. The Morgan fingerprint density at radius 2 is 1.76 bits per heavy atom. The molecule has 5 nitrogen and oxygen atoms in total. The number of fused-ring (bicyclic) bond motifs is 1. The molecule has 104 valence electrons. The Bertz CT molecular complexity index is 870. The number of carbonyl (C=O) groups is 1. The largest absolute Gasteiger partial charge is 0.290 e. The number of benzene rings is 1. The van der Waals surface area contributed by atoms with Crippen LogP contribution in [0.3, 0.4) is 0 Å². The first-order valence-corrected chi connectivity index (χ1v) is 6.43. The molecule has 0 aliphatic heterocycles. The molecule has 0 unspecified atom stereocenters. The smallest absolute Gasteiger partial charge is 0.267 e. The molecule has 1 aromatic carbocycles. The first-order valence-electron chi connectivity index (χ1n) is 6.43. The van der Waals surface area contributed by atoms with E-state index in [1.165, 1.54) is 10.5 Å². The number of hydrogen-bond acceptors (Lipinski definition) is 3. The van der Waals surface area contributed by atoms with Crippen LogP contribution in [0.1, 0.15) is 10.4 Å². The van der Waals surface area contributed by atoms with Crippen molar-refractivity contribution in [1.82, 2.24) is 9.83 Å². The monoisotopic (exact) mass is 279 g/mol. The van der Waals surface area contributed by atoms with Crippen molar-refractivity contribution in [3.05, 3.63) is 76.7 Å². The molecular formula is C16H13N3O2. The van der Waals surface area contributed by atoms with Gasteiger partial charge in [0.25, 0.3) is 11.5 Å². The van der Waals surface area contributed by atoms with Crippen LogP contribution in [-0.4, -0.2) is 10.3 Å². The Kier molecular flexibility index (Phi) is 3.25. The summed E-state index contributed by atoms with van der Waals surface area (Å²) in [7, 11) is 0. The molecule has 0 saturated carbocycles. The molecule has 2 aromatic heterocycles. The maximum Gasteiger partial charge on any atom is 0.267 e. The van der Waals surface area contributed by atoms with Crippen molar-refractivity contribution in [2.45, 2.75) is 0 Å². The number of amides is 1. The predicted octanol–water partition coefficient (Wildman–Crippen LogP) is 1.57. The highest BCUT2D eigenvalue weighted by atomic mass is 16.2. The zero-order chi connectivity index (χ0) is 14.8. The molecule has 0 spiro atoms. The van der Waals surface area contributed by atoms with E-state index in [9.17, 15) is 9.59 Å². The van der Waals surface area contributed by atoms with Crippen LogP contribution in [0.2, 0.25) is 0 Å². The van der Waals surface area contributed by atoms with Crippen molar-refractivity contribution >= 4 is 11.4 Å². The van der Waals surface area contributed by atoms with E-state index in [0.29, 0.717) is 16.6 Å². The summed E-state index contributed by atoms with van der Waals surface area (Å²) in [6.07, 6.45) is 1.62. The van der Waals surface area contributed by atoms with Crippen LogP contribution < -0.4 is 16.8 Å². The molecule has 0 aliphatic rings. The number of rotatable bonds is 2. The van der Waals surface area contributed by atoms with Crippen molar-refractivity contribution in [2.24, 2.45) is 5.84 Å². The number of nitrogens with two attached hydrogens (primary N) is 1. The summed E-state index contributed by atoms with van der Waals surface area (Å²) < 4.78 is 1.43. The Labute approximate surface area is 120 Å². The Morgan fingerprint density at radius 3 is 2.48 bits per heavy atom. The number of nitrogens with zero attached hydrogens (tertiary/aromatic N) is 1. The molecule has 3 N–H and O–H groups in total. The van der Waals surface area contributed by atoms with E-state index in [0.717, 1.165) is 5.56 Å². The van der Waals surface area contributed by atoms with Gasteiger partial charge in [-0.1, -0.05) is 36.4 Å². The normalized spacial score (nSPS) is 10.5. The zero-order valence-electron chi connectivity index (χ0n) is 11.1. The van der Waals surface area contributed by atoms with Crippen LogP contribution in [-0.2, 0) is 0 Å². The highest BCUT2D eigenvalue weighted by molar-refractivity contribution is 6.06. The molecule has 1 amide bonds. The van der Waals surface area contributed by atoms with Crippen molar-refractivity contribution in [1.29, 1.82) is 0 Å². The first-order chi connectivity index (χ1) is 10.2. The zero-order valence-corrected chi connectivity index (χ0v) is 11.1. The van der Waals surface area contributed by atoms with E-state index in [2.05, 4.69) is 5.43 Å². The van der Waals surface area contributed by atoms with Crippen LogP contribution in [0.15, 0.2) is 65.6 Å². The Hall–Kier alpha value is -2.92. The van der Waals surface area contributed by atoms with E-state index >= 15 is 0 Å². The average Bonchev–Trinajstić information content (AvgIpc) is 2.55.